The van der Waals surface area contributed by atoms with Crippen molar-refractivity contribution in [2.75, 3.05) is 32.5 Å². The monoisotopic (exact) mass is 407 g/mol. The van der Waals surface area contributed by atoms with Crippen molar-refractivity contribution in [2.45, 2.75) is 6.54 Å². The van der Waals surface area contributed by atoms with Crippen LogP contribution in [0.5, 0.6) is 0 Å². The van der Waals surface area contributed by atoms with Crippen LogP contribution in [0, 0.1) is 5.82 Å². The predicted octanol–water partition coefficient (Wildman–Crippen LogP) is 4.28. The number of aliphatic imine (C=N–C) groups is 1. The lowest BCUT2D eigenvalue weighted by atomic mass is 10.1. The zero-order valence-electron chi connectivity index (χ0n) is 17.0. The number of anilines is 1. The van der Waals surface area contributed by atoms with Crippen LogP contribution in [-0.4, -0.2) is 42.5 Å². The Balaban J connectivity index is 0.00000272. The van der Waals surface area contributed by atoms with Gasteiger partial charge >= 0.3 is 0 Å². The second kappa shape index (κ2) is 8.46. The summed E-state index contributed by atoms with van der Waals surface area (Å²) in [5.74, 6) is 5.52. The summed E-state index contributed by atoms with van der Waals surface area (Å²) in [5, 5.41) is 10.9. The average Bonchev–Trinajstić information content (AvgIpc) is 3.07. The molecule has 1 aliphatic heterocycles. The molecule has 30 heavy (non-hydrogen) atoms. The van der Waals surface area contributed by atoms with E-state index in [2.05, 4.69) is 31.2 Å². The van der Waals surface area contributed by atoms with Crippen LogP contribution in [0.2, 0.25) is 0 Å². The Bertz CT molecular complexity index is 1100. The minimum atomic E-state index is -0.262. The maximum absolute atomic E-state index is 13.3. The van der Waals surface area contributed by atoms with E-state index in [1.807, 2.05) is 38.5 Å². The van der Waals surface area contributed by atoms with Gasteiger partial charge in [0.05, 0.1) is 11.4 Å². The zero-order chi connectivity index (χ0) is 21.1. The highest BCUT2D eigenvalue weighted by Crippen LogP contribution is 2.31. The van der Waals surface area contributed by atoms with E-state index in [4.69, 9.17) is 10.8 Å². The Morgan fingerprint density at radius 3 is 2.70 bits per heavy atom. The molecule has 0 saturated carbocycles. The molecule has 0 aliphatic carbocycles. The number of likely N-dealkylation sites (N-methyl/N-ethyl adjacent to an activating group) is 1. The molecule has 3 N–H and O–H groups in total. The lowest BCUT2D eigenvalue weighted by Gasteiger charge is -2.13. The van der Waals surface area contributed by atoms with Gasteiger partial charge in [0, 0.05) is 38.5 Å². The first-order valence-corrected chi connectivity index (χ1v) is 9.71. The molecule has 1 aromatic heterocycles. The Morgan fingerprint density at radius 2 is 1.97 bits per heavy atom. The number of nitrogens with zero attached hydrogens (tertiary/aromatic N) is 5. The van der Waals surface area contributed by atoms with Crippen molar-refractivity contribution in [2.24, 2.45) is 21.2 Å². The Morgan fingerprint density at radius 1 is 1.17 bits per heavy atom. The molecule has 8 heteroatoms. The molecule has 0 bridgehead atoms. The topological polar surface area (TPSA) is 83.3 Å². The number of rotatable bonds is 5. The molecule has 156 valence electrons. The SMILES string of the molecule is CN(C)CCNc1ccc2c(c1)Cn1cc(-c3ccc(F)cc3)cc1C(N=NN)=N2.[HH]. The van der Waals surface area contributed by atoms with Crippen LogP contribution in [-0.2, 0) is 6.54 Å². The molecule has 2 aromatic carbocycles. The second-order valence-electron chi connectivity index (χ2n) is 7.47. The molecular weight excluding hydrogens is 381 g/mol. The number of hydrogen-bond donors (Lipinski definition) is 2. The minimum Gasteiger partial charge on any atom is -0.384 e. The van der Waals surface area contributed by atoms with E-state index in [0.29, 0.717) is 12.4 Å². The highest BCUT2D eigenvalue weighted by molar-refractivity contribution is 6.01. The molecule has 1 aliphatic rings. The van der Waals surface area contributed by atoms with Crippen LogP contribution in [0.3, 0.4) is 0 Å². The van der Waals surface area contributed by atoms with Gasteiger partial charge in [-0.3, -0.25) is 0 Å². The van der Waals surface area contributed by atoms with Crippen LogP contribution in [0.1, 0.15) is 12.7 Å². The zero-order valence-corrected chi connectivity index (χ0v) is 17.0. The van der Waals surface area contributed by atoms with E-state index in [1.54, 1.807) is 12.1 Å². The summed E-state index contributed by atoms with van der Waals surface area (Å²) in [7, 11) is 4.10. The van der Waals surface area contributed by atoms with Crippen LogP contribution < -0.4 is 11.2 Å². The van der Waals surface area contributed by atoms with Gasteiger partial charge in [-0.2, -0.15) is 0 Å². The van der Waals surface area contributed by atoms with E-state index >= 15 is 0 Å². The number of aromatic nitrogens is 1. The fourth-order valence-electron chi connectivity index (χ4n) is 3.47. The molecule has 2 heterocycles. The van der Waals surface area contributed by atoms with Crippen LogP contribution in [0.15, 0.2) is 70.1 Å². The van der Waals surface area contributed by atoms with Gasteiger partial charge in [-0.05, 0) is 61.6 Å². The number of hydrogen-bond acceptors (Lipinski definition) is 5. The number of halogens is 1. The first-order valence-electron chi connectivity index (χ1n) is 9.71. The number of nitrogens with two attached hydrogens (primary N) is 1. The molecule has 0 unspecified atom stereocenters. The molecule has 4 rings (SSSR count). The predicted molar refractivity (Wildman–Crippen MR) is 120 cm³/mol. The first kappa shape index (κ1) is 19.8. The van der Waals surface area contributed by atoms with Crippen molar-refractivity contribution in [3.63, 3.8) is 0 Å². The van der Waals surface area contributed by atoms with E-state index < -0.39 is 0 Å². The van der Waals surface area contributed by atoms with Gasteiger partial charge < -0.3 is 20.6 Å². The summed E-state index contributed by atoms with van der Waals surface area (Å²) in [6, 6.07) is 14.5. The summed E-state index contributed by atoms with van der Waals surface area (Å²) >= 11 is 0. The highest BCUT2D eigenvalue weighted by atomic mass is 19.1. The summed E-state index contributed by atoms with van der Waals surface area (Å²) in [4.78, 5) is 6.83. The lowest BCUT2D eigenvalue weighted by Crippen LogP contribution is -2.20. The Hall–Kier alpha value is -3.52. The normalized spacial score (nSPS) is 13.1. The van der Waals surface area contributed by atoms with Gasteiger partial charge in [-0.25, -0.2) is 9.38 Å². The number of benzene rings is 2. The molecule has 0 atom stereocenters. The molecule has 0 spiro atoms. The van der Waals surface area contributed by atoms with Crippen molar-refractivity contribution in [3.8, 4) is 11.1 Å². The van der Waals surface area contributed by atoms with E-state index in [0.717, 1.165) is 46.8 Å². The maximum atomic E-state index is 13.3. The number of fused-ring (bicyclic) bond motifs is 2. The molecule has 0 fully saturated rings. The van der Waals surface area contributed by atoms with Crippen molar-refractivity contribution in [1.29, 1.82) is 0 Å². The third-order valence-corrected chi connectivity index (χ3v) is 4.99. The summed E-state index contributed by atoms with van der Waals surface area (Å²) in [6.45, 7) is 2.42. The van der Waals surface area contributed by atoms with Gasteiger partial charge in [0.15, 0.2) is 0 Å². The van der Waals surface area contributed by atoms with Crippen molar-refractivity contribution in [1.82, 2.24) is 9.47 Å². The van der Waals surface area contributed by atoms with Crippen LogP contribution in [0.4, 0.5) is 15.8 Å². The van der Waals surface area contributed by atoms with Gasteiger partial charge in [0.2, 0.25) is 5.84 Å². The lowest BCUT2D eigenvalue weighted by molar-refractivity contribution is 0.425. The third-order valence-electron chi connectivity index (χ3n) is 4.99. The Labute approximate surface area is 176 Å². The quantitative estimate of drug-likeness (QED) is 0.376. The van der Waals surface area contributed by atoms with Crippen LogP contribution >= 0.6 is 0 Å². The molecule has 0 radical (unpaired) electrons. The molecule has 0 amide bonds. The second-order valence-corrected chi connectivity index (χ2v) is 7.47. The van der Waals surface area contributed by atoms with Crippen molar-refractivity contribution < 1.29 is 5.82 Å². The largest absolute Gasteiger partial charge is 0.384 e. The van der Waals surface area contributed by atoms with Crippen LogP contribution in [0.25, 0.3) is 11.1 Å². The van der Waals surface area contributed by atoms with Gasteiger partial charge in [-0.15, -0.1) is 5.11 Å². The Kier molecular flexibility index (Phi) is 5.58. The number of nitrogens with one attached hydrogen (secondary N) is 1. The van der Waals surface area contributed by atoms with Gasteiger partial charge in [-0.1, -0.05) is 17.4 Å². The summed E-state index contributed by atoms with van der Waals surface area (Å²) in [6.07, 6.45) is 2.02. The molecule has 7 nitrogen and oxygen atoms in total. The van der Waals surface area contributed by atoms with Crippen molar-refractivity contribution >= 4 is 17.2 Å². The third kappa shape index (κ3) is 4.23. The fourth-order valence-corrected chi connectivity index (χ4v) is 3.47. The van der Waals surface area contributed by atoms with Gasteiger partial charge in [0.25, 0.3) is 0 Å². The smallest absolute Gasteiger partial charge is 0.200 e. The molecule has 3 aromatic rings. The first-order chi connectivity index (χ1) is 14.5. The van der Waals surface area contributed by atoms with E-state index in [9.17, 15) is 4.39 Å². The fraction of sp³-hybridized carbons (Fsp3) is 0.227. The highest BCUT2D eigenvalue weighted by Gasteiger charge is 2.19. The van der Waals surface area contributed by atoms with E-state index in [1.165, 1.54) is 12.1 Å². The van der Waals surface area contributed by atoms with Gasteiger partial charge in [0.1, 0.15) is 5.82 Å². The molecular formula is C22H26FN7. The maximum Gasteiger partial charge on any atom is 0.200 e. The minimum absolute atomic E-state index is 0. The summed E-state index contributed by atoms with van der Waals surface area (Å²) < 4.78 is 15.4. The van der Waals surface area contributed by atoms with Crippen molar-refractivity contribution in [3.05, 3.63) is 71.8 Å². The number of amidine groups is 1. The standard InChI is InChI=1S/C22H24FN7.H2/c1-29(2)10-9-25-19-7-8-20-17(11-19)14-30-13-16(15-3-5-18(23)6-4-15)12-21(30)22(26-20)27-28-24;/h3-8,11-13,25H,9-10,14H2,1-2H3,(H2,24,26,27);1H. The summed E-state index contributed by atoms with van der Waals surface area (Å²) in [5.41, 5.74) is 5.62. The molecule has 0 saturated heterocycles. The van der Waals surface area contributed by atoms with E-state index in [-0.39, 0.29) is 7.24 Å². The average molecular weight is 407 g/mol.